The summed E-state index contributed by atoms with van der Waals surface area (Å²) in [4.78, 5) is 15.2. The molecular formula is C10H17N3O. The van der Waals surface area contributed by atoms with Gasteiger partial charge in [-0.15, -0.1) is 0 Å². The largest absolute Gasteiger partial charge is 0.349 e. The van der Waals surface area contributed by atoms with Crippen molar-refractivity contribution < 1.29 is 4.79 Å². The number of likely N-dealkylation sites (tertiary alicyclic amines) is 1. The van der Waals surface area contributed by atoms with Crippen LogP contribution >= 0.6 is 0 Å². The van der Waals surface area contributed by atoms with Gasteiger partial charge in [0.15, 0.2) is 11.8 Å². The van der Waals surface area contributed by atoms with Gasteiger partial charge in [0.25, 0.3) is 0 Å². The standard InChI is InChI=1S/C10H17N3O/c14-9-10(12-5-1-2-6-12)13-7-3-11-4-8-13/h11H,1-8H2. The average Bonchev–Trinajstić information content (AvgIpc) is 2.74. The zero-order chi connectivity index (χ0) is 9.80. The van der Waals surface area contributed by atoms with Gasteiger partial charge in [0, 0.05) is 39.3 Å². The first-order valence-electron chi connectivity index (χ1n) is 5.37. The third kappa shape index (κ3) is 1.91. The molecule has 2 fully saturated rings. The molecule has 14 heavy (non-hydrogen) atoms. The first kappa shape index (κ1) is 9.56. The van der Waals surface area contributed by atoms with Gasteiger partial charge in [-0.05, 0) is 12.8 Å². The van der Waals surface area contributed by atoms with Crippen LogP contribution in [0.15, 0.2) is 5.82 Å². The molecule has 2 heterocycles. The van der Waals surface area contributed by atoms with Gasteiger partial charge in [-0.1, -0.05) is 0 Å². The van der Waals surface area contributed by atoms with E-state index >= 15 is 0 Å². The SMILES string of the molecule is O=C=C(N1CCCC1)N1CCNCC1. The van der Waals surface area contributed by atoms with E-state index in [9.17, 15) is 4.79 Å². The van der Waals surface area contributed by atoms with Crippen LogP contribution in [-0.4, -0.2) is 55.0 Å². The highest BCUT2D eigenvalue weighted by molar-refractivity contribution is 5.51. The minimum Gasteiger partial charge on any atom is -0.349 e. The number of nitrogens with one attached hydrogen (secondary N) is 1. The van der Waals surface area contributed by atoms with Crippen LogP contribution in [0.25, 0.3) is 0 Å². The van der Waals surface area contributed by atoms with Gasteiger partial charge < -0.3 is 15.1 Å². The maximum Gasteiger partial charge on any atom is 0.191 e. The first-order valence-corrected chi connectivity index (χ1v) is 5.37. The Hall–Kier alpha value is -0.990. The van der Waals surface area contributed by atoms with Crippen molar-refractivity contribution in [1.82, 2.24) is 15.1 Å². The molecule has 0 bridgehead atoms. The van der Waals surface area contributed by atoms with E-state index in [2.05, 4.69) is 21.1 Å². The molecule has 0 amide bonds. The summed E-state index contributed by atoms with van der Waals surface area (Å²) in [5.41, 5.74) is 0. The van der Waals surface area contributed by atoms with Crippen LogP contribution in [0, 0.1) is 0 Å². The molecule has 78 valence electrons. The molecule has 0 atom stereocenters. The lowest BCUT2D eigenvalue weighted by molar-refractivity contribution is 0.217. The van der Waals surface area contributed by atoms with E-state index in [-0.39, 0.29) is 0 Å². The number of hydrogen-bond acceptors (Lipinski definition) is 4. The third-order valence-corrected chi connectivity index (χ3v) is 2.91. The maximum atomic E-state index is 10.9. The van der Waals surface area contributed by atoms with Crippen molar-refractivity contribution in [3.63, 3.8) is 0 Å². The molecular weight excluding hydrogens is 178 g/mol. The van der Waals surface area contributed by atoms with Crippen molar-refractivity contribution in [2.75, 3.05) is 39.3 Å². The molecule has 0 aromatic heterocycles. The van der Waals surface area contributed by atoms with Crippen molar-refractivity contribution in [3.05, 3.63) is 5.82 Å². The van der Waals surface area contributed by atoms with Gasteiger partial charge in [-0.25, -0.2) is 4.79 Å². The summed E-state index contributed by atoms with van der Waals surface area (Å²) in [6, 6.07) is 0. The van der Waals surface area contributed by atoms with Gasteiger partial charge in [0.1, 0.15) is 0 Å². The third-order valence-electron chi connectivity index (χ3n) is 2.91. The lowest BCUT2D eigenvalue weighted by Crippen LogP contribution is -2.46. The average molecular weight is 195 g/mol. The van der Waals surface area contributed by atoms with Crippen molar-refractivity contribution in [2.45, 2.75) is 12.8 Å². The predicted molar refractivity (Wildman–Crippen MR) is 54.5 cm³/mol. The van der Waals surface area contributed by atoms with Crippen LogP contribution in [0.3, 0.4) is 0 Å². The number of piperazine rings is 1. The predicted octanol–water partition coefficient (Wildman–Crippen LogP) is -0.340. The van der Waals surface area contributed by atoms with Crippen LogP contribution < -0.4 is 5.32 Å². The summed E-state index contributed by atoms with van der Waals surface area (Å²) in [5.74, 6) is 2.89. The van der Waals surface area contributed by atoms with Crippen LogP contribution in [0.2, 0.25) is 0 Å². The minimum absolute atomic E-state index is 0.781. The number of rotatable bonds is 2. The van der Waals surface area contributed by atoms with E-state index in [4.69, 9.17) is 0 Å². The molecule has 0 spiro atoms. The molecule has 0 aliphatic carbocycles. The summed E-state index contributed by atoms with van der Waals surface area (Å²) < 4.78 is 0. The van der Waals surface area contributed by atoms with E-state index in [1.807, 2.05) is 0 Å². The van der Waals surface area contributed by atoms with Crippen LogP contribution in [0.4, 0.5) is 0 Å². The fraction of sp³-hybridized carbons (Fsp3) is 0.800. The van der Waals surface area contributed by atoms with Gasteiger partial charge in [0.2, 0.25) is 0 Å². The summed E-state index contributed by atoms with van der Waals surface area (Å²) in [7, 11) is 0. The Morgan fingerprint density at radius 1 is 1.00 bits per heavy atom. The molecule has 4 heteroatoms. The van der Waals surface area contributed by atoms with E-state index in [0.29, 0.717) is 0 Å². The Bertz CT molecular complexity index is 236. The highest BCUT2D eigenvalue weighted by Gasteiger charge is 2.22. The topological polar surface area (TPSA) is 35.6 Å². The summed E-state index contributed by atoms with van der Waals surface area (Å²) >= 11 is 0. The van der Waals surface area contributed by atoms with Crippen LogP contribution in [-0.2, 0) is 4.79 Å². The minimum atomic E-state index is 0.781. The monoisotopic (exact) mass is 195 g/mol. The second-order valence-electron chi connectivity index (χ2n) is 3.86. The molecule has 0 aromatic rings. The molecule has 2 rings (SSSR count). The molecule has 2 aliphatic heterocycles. The van der Waals surface area contributed by atoms with Crippen molar-refractivity contribution in [3.8, 4) is 0 Å². The van der Waals surface area contributed by atoms with Gasteiger partial charge in [0.05, 0.1) is 0 Å². The maximum absolute atomic E-state index is 10.9. The lowest BCUT2D eigenvalue weighted by Gasteiger charge is -2.33. The fourth-order valence-corrected chi connectivity index (χ4v) is 2.13. The van der Waals surface area contributed by atoms with E-state index < -0.39 is 0 Å². The quantitative estimate of drug-likeness (QED) is 0.612. The Morgan fingerprint density at radius 2 is 1.57 bits per heavy atom. The smallest absolute Gasteiger partial charge is 0.191 e. The van der Waals surface area contributed by atoms with Crippen molar-refractivity contribution >= 4 is 5.94 Å². The Labute approximate surface area is 84.6 Å². The lowest BCUT2D eigenvalue weighted by atomic mass is 10.3. The number of nitrogens with zero attached hydrogens (tertiary/aromatic N) is 2. The molecule has 0 saturated carbocycles. The van der Waals surface area contributed by atoms with Gasteiger partial charge >= 0.3 is 0 Å². The first-order chi connectivity index (χ1) is 6.92. The fourth-order valence-electron chi connectivity index (χ4n) is 2.13. The zero-order valence-electron chi connectivity index (χ0n) is 8.46. The van der Waals surface area contributed by atoms with Crippen LogP contribution in [0.1, 0.15) is 12.8 Å². The molecule has 4 nitrogen and oxygen atoms in total. The normalized spacial score (nSPS) is 22.3. The second kappa shape index (κ2) is 4.49. The molecule has 1 N–H and O–H groups in total. The Balaban J connectivity index is 2.00. The van der Waals surface area contributed by atoms with Crippen molar-refractivity contribution in [1.29, 1.82) is 0 Å². The summed E-state index contributed by atoms with van der Waals surface area (Å²) in [5, 5.41) is 3.28. The second-order valence-corrected chi connectivity index (χ2v) is 3.86. The zero-order valence-corrected chi connectivity index (χ0v) is 8.46. The van der Waals surface area contributed by atoms with E-state index in [0.717, 1.165) is 45.1 Å². The number of carbonyl (C=O) groups excluding carboxylic acids is 1. The highest BCUT2D eigenvalue weighted by atomic mass is 16.1. The summed E-state index contributed by atoms with van der Waals surface area (Å²) in [6.45, 7) is 5.85. The molecule has 2 saturated heterocycles. The van der Waals surface area contributed by atoms with Crippen LogP contribution in [0.5, 0.6) is 0 Å². The molecule has 0 aromatic carbocycles. The van der Waals surface area contributed by atoms with Crippen molar-refractivity contribution in [2.24, 2.45) is 0 Å². The molecule has 0 unspecified atom stereocenters. The van der Waals surface area contributed by atoms with E-state index in [1.54, 1.807) is 0 Å². The van der Waals surface area contributed by atoms with Gasteiger partial charge in [-0.3, -0.25) is 0 Å². The number of hydrogen-bond donors (Lipinski definition) is 1. The highest BCUT2D eigenvalue weighted by Crippen LogP contribution is 2.16. The Morgan fingerprint density at radius 3 is 2.14 bits per heavy atom. The van der Waals surface area contributed by atoms with Gasteiger partial charge in [-0.2, -0.15) is 0 Å². The van der Waals surface area contributed by atoms with E-state index in [1.165, 1.54) is 12.8 Å². The summed E-state index contributed by atoms with van der Waals surface area (Å²) in [6.07, 6.45) is 2.41. The molecule has 0 radical (unpaired) electrons. The Kier molecular flexibility index (Phi) is 3.07. The molecule has 2 aliphatic rings.